The lowest BCUT2D eigenvalue weighted by atomic mass is 9.94. The molecule has 0 radical (unpaired) electrons. The normalized spacial score (nSPS) is 31.2. The van der Waals surface area contributed by atoms with E-state index in [1.54, 1.807) is 10.4 Å². The van der Waals surface area contributed by atoms with Crippen molar-refractivity contribution in [3.05, 3.63) is 19.4 Å². The number of hydrogen-bond acceptors (Lipinski definition) is 2. The van der Waals surface area contributed by atoms with E-state index in [4.69, 9.17) is 0 Å². The molecule has 0 amide bonds. The van der Waals surface area contributed by atoms with Crippen LogP contribution >= 0.6 is 33.9 Å². The lowest BCUT2D eigenvalue weighted by Gasteiger charge is -2.24. The fourth-order valence-corrected chi connectivity index (χ4v) is 4.81. The third kappa shape index (κ3) is 2.06. The first-order valence-corrected chi connectivity index (χ1v) is 8.00. The quantitative estimate of drug-likeness (QED) is 0.794. The van der Waals surface area contributed by atoms with E-state index >= 15 is 0 Å². The number of rotatable bonds is 2. The number of fused-ring (bicyclic) bond motifs is 1. The van der Waals surface area contributed by atoms with Gasteiger partial charge in [-0.25, -0.2) is 0 Å². The number of nitrogens with one attached hydrogen (secondary N) is 1. The molecule has 1 saturated carbocycles. The Bertz CT molecular complexity index is 410. The highest BCUT2D eigenvalue weighted by Gasteiger charge is 2.46. The Labute approximate surface area is 115 Å². The lowest BCUT2D eigenvalue weighted by molar-refractivity contribution is 0.426. The third-order valence-corrected chi connectivity index (χ3v) is 5.97. The highest BCUT2D eigenvalue weighted by atomic mass is 127. The van der Waals surface area contributed by atoms with Crippen LogP contribution in [0.25, 0.3) is 0 Å². The Morgan fingerprint density at radius 2 is 2.25 bits per heavy atom. The molecule has 2 unspecified atom stereocenters. The Morgan fingerprint density at radius 1 is 1.50 bits per heavy atom. The first-order chi connectivity index (χ1) is 7.56. The Morgan fingerprint density at radius 3 is 2.94 bits per heavy atom. The molecule has 2 atom stereocenters. The molecule has 1 fully saturated rings. The van der Waals surface area contributed by atoms with Crippen LogP contribution in [-0.2, 0) is 6.42 Å². The summed E-state index contributed by atoms with van der Waals surface area (Å²) in [5.74, 6) is 0. The molecule has 1 aromatic rings. The van der Waals surface area contributed by atoms with Crippen LogP contribution in [0.3, 0.4) is 0 Å². The first-order valence-electron chi connectivity index (χ1n) is 6.10. The number of hydrogen-bond donors (Lipinski definition) is 1. The van der Waals surface area contributed by atoms with Crippen molar-refractivity contribution in [2.24, 2.45) is 5.41 Å². The summed E-state index contributed by atoms with van der Waals surface area (Å²) >= 11 is 4.45. The molecule has 0 saturated heterocycles. The largest absolute Gasteiger partial charge is 0.307 e. The van der Waals surface area contributed by atoms with Crippen molar-refractivity contribution in [1.82, 2.24) is 5.32 Å². The van der Waals surface area contributed by atoms with E-state index in [0.29, 0.717) is 11.5 Å². The van der Waals surface area contributed by atoms with E-state index in [9.17, 15) is 0 Å². The topological polar surface area (TPSA) is 12.0 Å². The SMILES string of the molecule is CC1(C)CC1NC1CCCc2sc(I)cc21. The molecule has 1 nitrogen and oxygen atoms in total. The summed E-state index contributed by atoms with van der Waals surface area (Å²) in [5, 5.41) is 3.86. The monoisotopic (exact) mass is 347 g/mol. The molecular formula is C13H18INS. The molecule has 0 aromatic carbocycles. The second-order valence-electron chi connectivity index (χ2n) is 5.79. The maximum absolute atomic E-state index is 3.86. The minimum absolute atomic E-state index is 0.542. The zero-order valence-corrected chi connectivity index (χ0v) is 12.8. The van der Waals surface area contributed by atoms with Gasteiger partial charge in [0, 0.05) is 17.0 Å². The second-order valence-corrected chi connectivity index (χ2v) is 8.82. The first kappa shape index (κ1) is 11.5. The van der Waals surface area contributed by atoms with Gasteiger partial charge in [-0.1, -0.05) is 13.8 Å². The van der Waals surface area contributed by atoms with Crippen molar-refractivity contribution < 1.29 is 0 Å². The van der Waals surface area contributed by atoms with E-state index in [0.717, 1.165) is 6.04 Å². The van der Waals surface area contributed by atoms with E-state index in [1.807, 2.05) is 11.3 Å². The fraction of sp³-hybridized carbons (Fsp3) is 0.692. The molecule has 2 aliphatic carbocycles. The highest BCUT2D eigenvalue weighted by molar-refractivity contribution is 14.1. The molecule has 0 bridgehead atoms. The van der Waals surface area contributed by atoms with Crippen molar-refractivity contribution in [1.29, 1.82) is 0 Å². The zero-order chi connectivity index (χ0) is 11.3. The second kappa shape index (κ2) is 3.95. The van der Waals surface area contributed by atoms with Gasteiger partial charge in [-0.3, -0.25) is 0 Å². The van der Waals surface area contributed by atoms with Gasteiger partial charge in [0.25, 0.3) is 0 Å². The van der Waals surface area contributed by atoms with Crippen LogP contribution in [0.4, 0.5) is 0 Å². The van der Waals surface area contributed by atoms with Crippen LogP contribution in [0, 0.1) is 8.30 Å². The van der Waals surface area contributed by atoms with Gasteiger partial charge in [-0.2, -0.15) is 0 Å². The fourth-order valence-electron chi connectivity index (χ4n) is 2.69. The maximum atomic E-state index is 3.86. The number of halogens is 1. The van der Waals surface area contributed by atoms with Gasteiger partial charge < -0.3 is 5.32 Å². The van der Waals surface area contributed by atoms with Crippen LogP contribution in [0.1, 0.15) is 49.6 Å². The molecule has 0 aliphatic heterocycles. The lowest BCUT2D eigenvalue weighted by Crippen LogP contribution is -2.28. The summed E-state index contributed by atoms with van der Waals surface area (Å²) in [6.07, 6.45) is 5.33. The van der Waals surface area contributed by atoms with Gasteiger partial charge in [0.05, 0.1) is 2.88 Å². The summed E-state index contributed by atoms with van der Waals surface area (Å²) in [5.41, 5.74) is 2.14. The van der Waals surface area contributed by atoms with E-state index in [2.05, 4.69) is 47.8 Å². The number of thiophene rings is 1. The standard InChI is InChI=1S/C13H18INS/c1-13(2)7-11(13)15-9-4-3-5-10-8(9)6-12(14)16-10/h6,9,11,15H,3-5,7H2,1-2H3. The van der Waals surface area contributed by atoms with Gasteiger partial charge in [-0.05, 0) is 65.3 Å². The number of aryl methyl sites for hydroxylation is 1. The van der Waals surface area contributed by atoms with Crippen LogP contribution in [0.15, 0.2) is 6.07 Å². The summed E-state index contributed by atoms with van der Waals surface area (Å²) in [6, 6.07) is 3.78. The van der Waals surface area contributed by atoms with Crippen LogP contribution < -0.4 is 5.32 Å². The molecular weight excluding hydrogens is 329 g/mol. The summed E-state index contributed by atoms with van der Waals surface area (Å²) < 4.78 is 1.45. The van der Waals surface area contributed by atoms with Crippen molar-refractivity contribution in [3.63, 3.8) is 0 Å². The molecule has 16 heavy (non-hydrogen) atoms. The van der Waals surface area contributed by atoms with Gasteiger partial charge in [0.15, 0.2) is 0 Å². The minimum atomic E-state index is 0.542. The van der Waals surface area contributed by atoms with Gasteiger partial charge >= 0.3 is 0 Å². The van der Waals surface area contributed by atoms with Crippen molar-refractivity contribution in [3.8, 4) is 0 Å². The van der Waals surface area contributed by atoms with E-state index in [-0.39, 0.29) is 0 Å². The average Bonchev–Trinajstić information content (AvgIpc) is 2.64. The predicted octanol–water partition coefficient (Wildman–Crippen LogP) is 4.12. The average molecular weight is 347 g/mol. The molecule has 1 N–H and O–H groups in total. The molecule has 1 aromatic heterocycles. The Hall–Kier alpha value is 0.390. The highest BCUT2D eigenvalue weighted by Crippen LogP contribution is 2.47. The molecule has 1 heterocycles. The van der Waals surface area contributed by atoms with Crippen LogP contribution in [-0.4, -0.2) is 6.04 Å². The van der Waals surface area contributed by atoms with Crippen molar-refractivity contribution in [2.45, 2.75) is 51.6 Å². The Kier molecular flexibility index (Phi) is 2.84. The van der Waals surface area contributed by atoms with Gasteiger partial charge in [0.1, 0.15) is 0 Å². The van der Waals surface area contributed by atoms with Crippen molar-refractivity contribution >= 4 is 33.9 Å². The van der Waals surface area contributed by atoms with E-state index < -0.39 is 0 Å². The maximum Gasteiger partial charge on any atom is 0.0659 e. The summed E-state index contributed by atoms with van der Waals surface area (Å²) in [4.78, 5) is 1.63. The van der Waals surface area contributed by atoms with Gasteiger partial charge in [-0.15, -0.1) is 11.3 Å². The van der Waals surface area contributed by atoms with E-state index in [1.165, 1.54) is 28.6 Å². The molecule has 3 heteroatoms. The van der Waals surface area contributed by atoms with Crippen molar-refractivity contribution in [2.75, 3.05) is 0 Å². The van der Waals surface area contributed by atoms with Crippen LogP contribution in [0.2, 0.25) is 0 Å². The zero-order valence-electron chi connectivity index (χ0n) is 9.85. The third-order valence-electron chi connectivity index (χ3n) is 4.00. The van der Waals surface area contributed by atoms with Gasteiger partial charge in [0.2, 0.25) is 0 Å². The summed E-state index contributed by atoms with van der Waals surface area (Å²) in [6.45, 7) is 4.73. The van der Waals surface area contributed by atoms with Crippen LogP contribution in [0.5, 0.6) is 0 Å². The summed E-state index contributed by atoms with van der Waals surface area (Å²) in [7, 11) is 0. The smallest absolute Gasteiger partial charge is 0.0659 e. The predicted molar refractivity (Wildman–Crippen MR) is 78.0 cm³/mol. The molecule has 88 valence electrons. The Balaban J connectivity index is 1.77. The molecule has 0 spiro atoms. The molecule has 3 rings (SSSR count). The minimum Gasteiger partial charge on any atom is -0.307 e. The molecule has 2 aliphatic rings.